The summed E-state index contributed by atoms with van der Waals surface area (Å²) < 4.78 is 36.2. The largest absolute Gasteiger partial charge is 0.441 e. The van der Waals surface area contributed by atoms with Gasteiger partial charge in [0, 0.05) is 16.8 Å². The first kappa shape index (κ1) is 15.3. The molecule has 1 rings (SSSR count). The smallest absolute Gasteiger partial charge is 0.383 e. The summed E-state index contributed by atoms with van der Waals surface area (Å²) in [6.45, 7) is 0.155. The molecule has 1 N–H and O–H groups in total. The minimum absolute atomic E-state index is 0.0818. The minimum atomic E-state index is -4.21. The molecule has 17 heavy (non-hydrogen) atoms. The van der Waals surface area contributed by atoms with Crippen LogP contribution in [0.25, 0.3) is 0 Å². The Kier molecular flexibility index (Phi) is 5.76. The number of thioether (sulfide) groups is 1. The van der Waals surface area contributed by atoms with Crippen molar-refractivity contribution in [1.82, 2.24) is 0 Å². The van der Waals surface area contributed by atoms with E-state index in [9.17, 15) is 13.2 Å². The molecular formula is C9H7BrCl2F3NS. The van der Waals surface area contributed by atoms with E-state index < -0.39 is 5.51 Å². The van der Waals surface area contributed by atoms with Crippen molar-refractivity contribution in [3.05, 3.63) is 26.7 Å². The molecule has 0 aliphatic carbocycles. The molecule has 0 aliphatic heterocycles. The van der Waals surface area contributed by atoms with E-state index in [0.29, 0.717) is 15.2 Å². The normalized spacial score (nSPS) is 11.6. The van der Waals surface area contributed by atoms with Crippen molar-refractivity contribution in [3.63, 3.8) is 0 Å². The average Bonchev–Trinajstić information content (AvgIpc) is 2.22. The number of hydrogen-bond donors (Lipinski definition) is 1. The van der Waals surface area contributed by atoms with Gasteiger partial charge in [0.15, 0.2) is 0 Å². The van der Waals surface area contributed by atoms with E-state index in [1.54, 1.807) is 12.1 Å². The van der Waals surface area contributed by atoms with Gasteiger partial charge in [-0.25, -0.2) is 0 Å². The quantitative estimate of drug-likeness (QED) is 0.562. The molecule has 0 saturated carbocycles. The molecular weight excluding hydrogens is 362 g/mol. The van der Waals surface area contributed by atoms with E-state index in [-0.39, 0.29) is 29.1 Å². The Morgan fingerprint density at radius 3 is 2.47 bits per heavy atom. The molecule has 0 radical (unpaired) electrons. The van der Waals surface area contributed by atoms with Gasteiger partial charge in [-0.15, -0.1) is 0 Å². The zero-order valence-electron chi connectivity index (χ0n) is 8.24. The maximum atomic E-state index is 11.9. The first-order valence-corrected chi connectivity index (χ1v) is 6.93. The van der Waals surface area contributed by atoms with Crippen LogP contribution in [0.1, 0.15) is 0 Å². The molecule has 0 atom stereocenters. The first-order valence-electron chi connectivity index (χ1n) is 4.39. The predicted molar refractivity (Wildman–Crippen MR) is 71.2 cm³/mol. The average molecular weight is 369 g/mol. The van der Waals surface area contributed by atoms with Crippen LogP contribution in [0.5, 0.6) is 0 Å². The van der Waals surface area contributed by atoms with Gasteiger partial charge < -0.3 is 5.32 Å². The summed E-state index contributed by atoms with van der Waals surface area (Å²) in [6, 6.07) is 3.32. The predicted octanol–water partition coefficient (Wildman–Crippen LogP) is 5.42. The maximum absolute atomic E-state index is 11.9. The highest BCUT2D eigenvalue weighted by molar-refractivity contribution is 9.10. The monoisotopic (exact) mass is 367 g/mol. The molecule has 0 unspecified atom stereocenters. The molecule has 1 aromatic rings. The van der Waals surface area contributed by atoms with Crippen LogP contribution in [-0.2, 0) is 0 Å². The van der Waals surface area contributed by atoms with Gasteiger partial charge in [0.05, 0.1) is 15.7 Å². The highest BCUT2D eigenvalue weighted by Crippen LogP contribution is 2.36. The van der Waals surface area contributed by atoms with E-state index in [0.717, 1.165) is 0 Å². The van der Waals surface area contributed by atoms with Crippen molar-refractivity contribution in [2.45, 2.75) is 5.51 Å². The lowest BCUT2D eigenvalue weighted by Crippen LogP contribution is -2.09. The van der Waals surface area contributed by atoms with Crippen molar-refractivity contribution in [3.8, 4) is 0 Å². The van der Waals surface area contributed by atoms with Crippen LogP contribution in [0.2, 0.25) is 10.0 Å². The van der Waals surface area contributed by atoms with Crippen LogP contribution < -0.4 is 5.32 Å². The highest BCUT2D eigenvalue weighted by Gasteiger charge is 2.27. The molecule has 0 aromatic heterocycles. The molecule has 1 aromatic carbocycles. The van der Waals surface area contributed by atoms with Crippen LogP contribution in [0, 0.1) is 0 Å². The highest BCUT2D eigenvalue weighted by atomic mass is 79.9. The van der Waals surface area contributed by atoms with E-state index in [4.69, 9.17) is 23.2 Å². The summed E-state index contributed by atoms with van der Waals surface area (Å²) >= 11 is 14.9. The van der Waals surface area contributed by atoms with Crippen molar-refractivity contribution < 1.29 is 13.2 Å². The molecule has 0 aliphatic rings. The van der Waals surface area contributed by atoms with Crippen molar-refractivity contribution in [1.29, 1.82) is 0 Å². The van der Waals surface area contributed by atoms with Crippen LogP contribution in [0.15, 0.2) is 16.6 Å². The third-order valence-corrected chi connectivity index (χ3v) is 4.23. The molecule has 96 valence electrons. The molecule has 0 fully saturated rings. The number of benzene rings is 1. The fraction of sp³-hybridized carbons (Fsp3) is 0.333. The molecule has 1 nitrogen and oxygen atoms in total. The van der Waals surface area contributed by atoms with E-state index in [1.165, 1.54) is 0 Å². The van der Waals surface area contributed by atoms with Crippen LogP contribution >= 0.6 is 50.9 Å². The van der Waals surface area contributed by atoms with Gasteiger partial charge in [-0.2, -0.15) is 13.2 Å². The maximum Gasteiger partial charge on any atom is 0.441 e. The van der Waals surface area contributed by atoms with Crippen molar-refractivity contribution >= 4 is 56.6 Å². The van der Waals surface area contributed by atoms with Gasteiger partial charge in [-0.1, -0.05) is 23.2 Å². The summed E-state index contributed by atoms with van der Waals surface area (Å²) in [7, 11) is 0. The zero-order chi connectivity index (χ0) is 13.1. The lowest BCUT2D eigenvalue weighted by atomic mass is 10.3. The summed E-state index contributed by atoms with van der Waals surface area (Å²) in [5, 5.41) is 3.42. The lowest BCUT2D eigenvalue weighted by Gasteiger charge is -2.10. The Bertz CT molecular complexity index is 401. The molecule has 0 amide bonds. The first-order chi connectivity index (χ1) is 7.81. The van der Waals surface area contributed by atoms with Gasteiger partial charge >= 0.3 is 5.51 Å². The second-order valence-electron chi connectivity index (χ2n) is 2.94. The standard InChI is InChI=1S/C9H7BrCl2F3NS/c10-5-1-2-6(8(12)7(5)11)16-3-4-17-9(13,14)15/h1-2,16H,3-4H2. The molecule has 0 saturated heterocycles. The van der Waals surface area contributed by atoms with Crippen LogP contribution in [0.4, 0.5) is 18.9 Å². The molecule has 0 spiro atoms. The van der Waals surface area contributed by atoms with Crippen molar-refractivity contribution in [2.24, 2.45) is 0 Å². The minimum Gasteiger partial charge on any atom is -0.383 e. The second kappa shape index (κ2) is 6.41. The Balaban J connectivity index is 2.51. The van der Waals surface area contributed by atoms with Gasteiger partial charge in [-0.3, -0.25) is 0 Å². The SMILES string of the molecule is FC(F)(F)SCCNc1ccc(Br)c(Cl)c1Cl. The summed E-state index contributed by atoms with van der Waals surface area (Å²) in [5.74, 6) is -0.0898. The fourth-order valence-electron chi connectivity index (χ4n) is 1.01. The zero-order valence-corrected chi connectivity index (χ0v) is 12.2. The molecule has 0 heterocycles. The Morgan fingerprint density at radius 2 is 1.88 bits per heavy atom. The fourth-order valence-corrected chi connectivity index (χ4v) is 2.29. The topological polar surface area (TPSA) is 12.0 Å². The number of nitrogens with one attached hydrogen (secondary N) is 1. The Morgan fingerprint density at radius 1 is 1.24 bits per heavy atom. The van der Waals surface area contributed by atoms with Crippen molar-refractivity contribution in [2.75, 3.05) is 17.6 Å². The second-order valence-corrected chi connectivity index (χ2v) is 5.71. The van der Waals surface area contributed by atoms with Crippen LogP contribution in [-0.4, -0.2) is 17.8 Å². The third kappa shape index (κ3) is 5.16. The summed E-state index contributed by atoms with van der Waals surface area (Å²) in [6.07, 6.45) is 0. The van der Waals surface area contributed by atoms with Gasteiger partial charge in [0.2, 0.25) is 0 Å². The third-order valence-electron chi connectivity index (χ3n) is 1.72. The van der Waals surface area contributed by atoms with Gasteiger partial charge in [0.25, 0.3) is 0 Å². The Labute approximate surface area is 119 Å². The van der Waals surface area contributed by atoms with E-state index in [2.05, 4.69) is 21.2 Å². The number of rotatable bonds is 4. The molecule has 0 bridgehead atoms. The number of alkyl halides is 3. The summed E-state index contributed by atoms with van der Waals surface area (Å²) in [5.41, 5.74) is -3.69. The molecule has 8 heteroatoms. The lowest BCUT2D eigenvalue weighted by molar-refractivity contribution is -0.0327. The van der Waals surface area contributed by atoms with Crippen LogP contribution in [0.3, 0.4) is 0 Å². The number of anilines is 1. The van der Waals surface area contributed by atoms with Gasteiger partial charge in [-0.05, 0) is 39.8 Å². The van der Waals surface area contributed by atoms with E-state index >= 15 is 0 Å². The number of hydrogen-bond acceptors (Lipinski definition) is 2. The van der Waals surface area contributed by atoms with Gasteiger partial charge in [0.1, 0.15) is 0 Å². The Hall–Kier alpha value is 0.220. The summed E-state index contributed by atoms with van der Waals surface area (Å²) in [4.78, 5) is 0. The van der Waals surface area contributed by atoms with E-state index in [1.807, 2.05) is 0 Å². The number of halogens is 6.